The molecular weight excluding hydrogens is 416 g/mol. The van der Waals surface area contributed by atoms with E-state index in [-0.39, 0.29) is 26.2 Å². The molecule has 0 unspecified atom stereocenters. The number of nitro groups is 1. The van der Waals surface area contributed by atoms with Crippen LogP contribution in [0.15, 0.2) is 81.5 Å². The van der Waals surface area contributed by atoms with Gasteiger partial charge in [0.25, 0.3) is 5.69 Å². The van der Waals surface area contributed by atoms with Gasteiger partial charge in [-0.15, -0.1) is 0 Å². The number of benzene rings is 3. The van der Waals surface area contributed by atoms with E-state index >= 15 is 0 Å². The normalized spacial score (nSPS) is 11.5. The summed E-state index contributed by atoms with van der Waals surface area (Å²) in [5, 5.41) is 11.0. The molecule has 0 saturated carbocycles. The third kappa shape index (κ3) is 4.44. The van der Waals surface area contributed by atoms with Crippen molar-refractivity contribution in [3.63, 3.8) is 0 Å². The lowest BCUT2D eigenvalue weighted by molar-refractivity contribution is -0.384. The maximum Gasteiger partial charge on any atom is 0.288 e. The molecule has 0 N–H and O–H groups in total. The highest BCUT2D eigenvalue weighted by Gasteiger charge is 2.19. The molecule has 148 valence electrons. The van der Waals surface area contributed by atoms with Gasteiger partial charge in [0.2, 0.25) is 9.84 Å². The zero-order valence-corrected chi connectivity index (χ0v) is 16.7. The minimum atomic E-state index is -3.73. The molecule has 0 spiro atoms. The molecule has 0 aliphatic heterocycles. The minimum Gasteiger partial charge on any atom is -0.494 e. The van der Waals surface area contributed by atoms with E-state index in [0.717, 1.165) is 0 Å². The summed E-state index contributed by atoms with van der Waals surface area (Å²) in [4.78, 5) is 14.9. The van der Waals surface area contributed by atoms with Crippen LogP contribution in [0, 0.1) is 10.1 Å². The van der Waals surface area contributed by atoms with E-state index in [9.17, 15) is 18.5 Å². The van der Waals surface area contributed by atoms with Crippen molar-refractivity contribution < 1.29 is 18.1 Å². The molecule has 0 atom stereocenters. The SMILES string of the molecule is COc1ccc(S(=O)(=O)c2ccccc2)cc1N=Cc1ccc(Cl)c([N+](=O)[O-])c1. The molecule has 0 heterocycles. The molecule has 9 heteroatoms. The number of nitro benzene ring substituents is 1. The van der Waals surface area contributed by atoms with E-state index in [1.165, 1.54) is 55.8 Å². The zero-order valence-electron chi connectivity index (χ0n) is 15.2. The van der Waals surface area contributed by atoms with Crippen molar-refractivity contribution in [3.05, 3.63) is 87.4 Å². The zero-order chi connectivity index (χ0) is 21.0. The van der Waals surface area contributed by atoms with Gasteiger partial charge in [0.05, 0.1) is 21.8 Å². The standard InChI is InChI=1S/C20H15ClN2O5S/c1-28-20-10-8-16(29(26,27)15-5-3-2-4-6-15)12-18(20)22-13-14-7-9-17(21)19(11-14)23(24)25/h2-13H,1H3. The fraction of sp³-hybridized carbons (Fsp3) is 0.0500. The first kappa shape index (κ1) is 20.5. The van der Waals surface area contributed by atoms with Crippen molar-refractivity contribution in [2.45, 2.75) is 9.79 Å². The fourth-order valence-electron chi connectivity index (χ4n) is 2.57. The Morgan fingerprint density at radius 3 is 2.41 bits per heavy atom. The molecule has 0 fully saturated rings. The number of aliphatic imine (C=N–C) groups is 1. The van der Waals surface area contributed by atoms with Gasteiger partial charge >= 0.3 is 0 Å². The second-order valence-corrected chi connectivity index (χ2v) is 8.23. The molecule has 0 bridgehead atoms. The van der Waals surface area contributed by atoms with Crippen molar-refractivity contribution in [3.8, 4) is 5.75 Å². The quantitative estimate of drug-likeness (QED) is 0.316. The molecule has 29 heavy (non-hydrogen) atoms. The summed E-state index contributed by atoms with van der Waals surface area (Å²) in [6.45, 7) is 0. The highest BCUT2D eigenvalue weighted by molar-refractivity contribution is 7.91. The Morgan fingerprint density at radius 2 is 1.76 bits per heavy atom. The van der Waals surface area contributed by atoms with Crippen LogP contribution in [-0.2, 0) is 9.84 Å². The highest BCUT2D eigenvalue weighted by Crippen LogP contribution is 2.32. The first-order valence-electron chi connectivity index (χ1n) is 8.29. The molecule has 0 aliphatic rings. The van der Waals surface area contributed by atoms with Crippen molar-refractivity contribution in [1.29, 1.82) is 0 Å². The Balaban J connectivity index is 2.02. The monoisotopic (exact) mass is 430 g/mol. The van der Waals surface area contributed by atoms with E-state index in [2.05, 4.69) is 4.99 Å². The Morgan fingerprint density at radius 1 is 1.03 bits per heavy atom. The molecule has 0 saturated heterocycles. The molecule has 0 amide bonds. The lowest BCUT2D eigenvalue weighted by atomic mass is 10.2. The Labute approximate surface area is 172 Å². The largest absolute Gasteiger partial charge is 0.494 e. The van der Waals surface area contributed by atoms with Gasteiger partial charge in [0.1, 0.15) is 16.5 Å². The van der Waals surface area contributed by atoms with Gasteiger partial charge in [-0.3, -0.25) is 15.1 Å². The van der Waals surface area contributed by atoms with Crippen LogP contribution in [-0.4, -0.2) is 26.7 Å². The maximum absolute atomic E-state index is 12.8. The fourth-order valence-corrected chi connectivity index (χ4v) is 4.06. The van der Waals surface area contributed by atoms with Crippen LogP contribution in [0.3, 0.4) is 0 Å². The van der Waals surface area contributed by atoms with Crippen LogP contribution in [0.1, 0.15) is 5.56 Å². The summed E-state index contributed by atoms with van der Waals surface area (Å²) < 4.78 is 30.9. The number of hydrogen-bond acceptors (Lipinski definition) is 6. The molecule has 7 nitrogen and oxygen atoms in total. The van der Waals surface area contributed by atoms with Crippen molar-refractivity contribution >= 4 is 39.0 Å². The van der Waals surface area contributed by atoms with E-state index < -0.39 is 14.8 Å². The number of halogens is 1. The highest BCUT2D eigenvalue weighted by atomic mass is 35.5. The van der Waals surface area contributed by atoms with Crippen LogP contribution < -0.4 is 4.74 Å². The Hall–Kier alpha value is -3.23. The van der Waals surface area contributed by atoms with Crippen molar-refractivity contribution in [1.82, 2.24) is 0 Å². The van der Waals surface area contributed by atoms with Crippen LogP contribution >= 0.6 is 11.6 Å². The predicted octanol–water partition coefficient (Wildman–Crippen LogP) is 4.84. The summed E-state index contributed by atoms with van der Waals surface area (Å²) in [5.74, 6) is 0.358. The molecule has 0 aromatic heterocycles. The van der Waals surface area contributed by atoms with Crippen molar-refractivity contribution in [2.75, 3.05) is 7.11 Å². The van der Waals surface area contributed by atoms with Gasteiger partial charge in [-0.05, 0) is 42.0 Å². The lowest BCUT2D eigenvalue weighted by Crippen LogP contribution is -2.01. The molecular formula is C20H15ClN2O5S. The van der Waals surface area contributed by atoms with E-state index in [0.29, 0.717) is 11.3 Å². The van der Waals surface area contributed by atoms with E-state index in [1.807, 2.05) is 0 Å². The number of sulfone groups is 1. The molecule has 3 rings (SSSR count). The number of methoxy groups -OCH3 is 1. The topological polar surface area (TPSA) is 98.9 Å². The van der Waals surface area contributed by atoms with E-state index in [4.69, 9.17) is 16.3 Å². The van der Waals surface area contributed by atoms with Crippen LogP contribution in [0.25, 0.3) is 0 Å². The van der Waals surface area contributed by atoms with Crippen LogP contribution in [0.2, 0.25) is 5.02 Å². The van der Waals surface area contributed by atoms with Gasteiger partial charge in [0, 0.05) is 12.3 Å². The van der Waals surface area contributed by atoms with Crippen LogP contribution in [0.4, 0.5) is 11.4 Å². The van der Waals surface area contributed by atoms with Gasteiger partial charge in [-0.1, -0.05) is 35.9 Å². The van der Waals surface area contributed by atoms with Gasteiger partial charge in [0.15, 0.2) is 0 Å². The van der Waals surface area contributed by atoms with Gasteiger partial charge in [-0.2, -0.15) is 0 Å². The third-order valence-corrected chi connectivity index (χ3v) is 6.12. The second kappa shape index (κ2) is 8.42. The summed E-state index contributed by atoms with van der Waals surface area (Å²) >= 11 is 5.81. The third-order valence-electron chi connectivity index (χ3n) is 4.03. The smallest absolute Gasteiger partial charge is 0.288 e. The minimum absolute atomic E-state index is 0.0145. The Kier molecular flexibility index (Phi) is 5.95. The molecule has 0 aliphatic carbocycles. The Bertz CT molecular complexity index is 1190. The summed E-state index contributed by atoms with van der Waals surface area (Å²) in [6.07, 6.45) is 1.38. The summed E-state index contributed by atoms with van der Waals surface area (Å²) in [5.41, 5.74) is 0.449. The molecule has 0 radical (unpaired) electrons. The van der Waals surface area contributed by atoms with E-state index in [1.54, 1.807) is 24.3 Å². The number of hydrogen-bond donors (Lipinski definition) is 0. The summed E-state index contributed by atoms with van der Waals surface area (Å²) in [7, 11) is -2.29. The number of rotatable bonds is 6. The van der Waals surface area contributed by atoms with Crippen molar-refractivity contribution in [2.24, 2.45) is 4.99 Å². The van der Waals surface area contributed by atoms with Gasteiger partial charge in [-0.25, -0.2) is 8.42 Å². The molecule has 3 aromatic carbocycles. The predicted molar refractivity (Wildman–Crippen MR) is 110 cm³/mol. The number of nitrogens with zero attached hydrogens (tertiary/aromatic N) is 2. The van der Waals surface area contributed by atoms with Crippen LogP contribution in [0.5, 0.6) is 5.75 Å². The maximum atomic E-state index is 12.8. The first-order valence-corrected chi connectivity index (χ1v) is 10.2. The average Bonchev–Trinajstić information content (AvgIpc) is 2.73. The average molecular weight is 431 g/mol. The number of ether oxygens (including phenoxy) is 1. The second-order valence-electron chi connectivity index (χ2n) is 5.88. The molecule has 3 aromatic rings. The lowest BCUT2D eigenvalue weighted by Gasteiger charge is -2.09. The summed E-state index contributed by atoms with van der Waals surface area (Å²) in [6, 6.07) is 16.6. The first-order chi connectivity index (χ1) is 13.8. The van der Waals surface area contributed by atoms with Gasteiger partial charge < -0.3 is 4.74 Å².